The second kappa shape index (κ2) is 3.67. The van der Waals surface area contributed by atoms with Gasteiger partial charge in [0.15, 0.2) is 0 Å². The number of furan rings is 1. The minimum Gasteiger partial charge on any atom is -0.455 e. The van der Waals surface area contributed by atoms with Crippen LogP contribution < -0.4 is 0 Å². The molecule has 0 radical (unpaired) electrons. The molecule has 0 atom stereocenters. The molecule has 2 nitrogen and oxygen atoms in total. The van der Waals surface area contributed by atoms with Crippen LogP contribution >= 0.6 is 0 Å². The van der Waals surface area contributed by atoms with Crippen LogP contribution in [0.15, 0.2) is 59.0 Å². The molecule has 0 spiro atoms. The highest BCUT2D eigenvalue weighted by molar-refractivity contribution is 6.23. The van der Waals surface area contributed by atoms with Gasteiger partial charge < -0.3 is 9.40 Å². The van der Waals surface area contributed by atoms with Gasteiger partial charge in [-0.2, -0.15) is 0 Å². The lowest BCUT2D eigenvalue weighted by atomic mass is 10.1. The number of benzene rings is 3. The third kappa shape index (κ3) is 1.32. The molecule has 21 heavy (non-hydrogen) atoms. The molecule has 100 valence electrons. The minimum absolute atomic E-state index is 0.946. The Kier molecular flexibility index (Phi) is 1.92. The predicted molar refractivity (Wildman–Crippen MR) is 87.8 cm³/mol. The fraction of sp³-hybridized carbons (Fsp3) is 0.0526. The molecule has 5 aromatic rings. The lowest BCUT2D eigenvalue weighted by Gasteiger charge is -1.95. The zero-order valence-electron chi connectivity index (χ0n) is 11.6. The van der Waals surface area contributed by atoms with Crippen molar-refractivity contribution in [3.63, 3.8) is 0 Å². The van der Waals surface area contributed by atoms with Gasteiger partial charge in [-0.1, -0.05) is 36.4 Å². The Morgan fingerprint density at radius 1 is 0.810 bits per heavy atom. The monoisotopic (exact) mass is 271 g/mol. The minimum atomic E-state index is 0.946. The van der Waals surface area contributed by atoms with E-state index in [0.717, 1.165) is 16.7 Å². The summed E-state index contributed by atoms with van der Waals surface area (Å²) in [6, 6.07) is 18.9. The molecule has 0 unspecified atom stereocenters. The van der Waals surface area contributed by atoms with E-state index >= 15 is 0 Å². The molecule has 2 heterocycles. The van der Waals surface area contributed by atoms with Crippen LogP contribution in [0.2, 0.25) is 0 Å². The summed E-state index contributed by atoms with van der Waals surface area (Å²) in [4.78, 5) is 3.52. The molecular formula is C19H13NO. The molecule has 0 fully saturated rings. The summed E-state index contributed by atoms with van der Waals surface area (Å²) >= 11 is 0. The van der Waals surface area contributed by atoms with Crippen molar-refractivity contribution < 1.29 is 4.42 Å². The lowest BCUT2D eigenvalue weighted by Crippen LogP contribution is -1.73. The topological polar surface area (TPSA) is 28.9 Å². The maximum Gasteiger partial charge on any atom is 0.145 e. The molecule has 3 aromatic carbocycles. The van der Waals surface area contributed by atoms with Crippen molar-refractivity contribution in [1.82, 2.24) is 4.98 Å². The maximum atomic E-state index is 6.15. The first kappa shape index (κ1) is 11.0. The molecule has 0 bridgehead atoms. The van der Waals surface area contributed by atoms with E-state index in [9.17, 15) is 0 Å². The first-order valence-corrected chi connectivity index (χ1v) is 7.14. The summed E-state index contributed by atoms with van der Waals surface area (Å²) in [6.45, 7) is 2.13. The highest BCUT2D eigenvalue weighted by Crippen LogP contribution is 2.37. The zero-order valence-corrected chi connectivity index (χ0v) is 11.6. The van der Waals surface area contributed by atoms with Crippen LogP contribution in [0.3, 0.4) is 0 Å². The molecule has 0 amide bonds. The number of para-hydroxylation sites is 2. The first-order valence-electron chi connectivity index (χ1n) is 7.14. The molecule has 5 rings (SSSR count). The van der Waals surface area contributed by atoms with E-state index in [2.05, 4.69) is 54.4 Å². The van der Waals surface area contributed by atoms with Gasteiger partial charge in [0.25, 0.3) is 0 Å². The Morgan fingerprint density at radius 2 is 1.67 bits per heavy atom. The van der Waals surface area contributed by atoms with Crippen molar-refractivity contribution in [2.24, 2.45) is 0 Å². The SMILES string of the molecule is Cc1cccc2c1[nH]c1ccc3c4ccccc4oc3c12. The number of aromatic amines is 1. The number of fused-ring (bicyclic) bond motifs is 7. The molecule has 0 saturated heterocycles. The smallest absolute Gasteiger partial charge is 0.145 e. The van der Waals surface area contributed by atoms with Crippen LogP contribution in [0.4, 0.5) is 0 Å². The van der Waals surface area contributed by atoms with Gasteiger partial charge in [-0.15, -0.1) is 0 Å². The fourth-order valence-corrected chi connectivity index (χ4v) is 3.34. The largest absolute Gasteiger partial charge is 0.455 e. The van der Waals surface area contributed by atoms with Gasteiger partial charge in [0, 0.05) is 21.7 Å². The average molecular weight is 271 g/mol. The number of hydrogen-bond donors (Lipinski definition) is 1. The van der Waals surface area contributed by atoms with Gasteiger partial charge in [-0.25, -0.2) is 0 Å². The molecule has 0 aliphatic rings. The summed E-state index contributed by atoms with van der Waals surface area (Å²) in [6.07, 6.45) is 0. The van der Waals surface area contributed by atoms with E-state index in [4.69, 9.17) is 4.42 Å². The molecule has 2 heteroatoms. The fourth-order valence-electron chi connectivity index (χ4n) is 3.34. The van der Waals surface area contributed by atoms with Crippen molar-refractivity contribution in [3.05, 3.63) is 60.2 Å². The number of hydrogen-bond acceptors (Lipinski definition) is 1. The van der Waals surface area contributed by atoms with Crippen LogP contribution in [-0.4, -0.2) is 4.98 Å². The summed E-state index contributed by atoms with van der Waals surface area (Å²) in [5.74, 6) is 0. The van der Waals surface area contributed by atoms with Crippen LogP contribution in [0.1, 0.15) is 5.56 Å². The average Bonchev–Trinajstić information content (AvgIpc) is 3.05. The van der Waals surface area contributed by atoms with E-state index in [0.29, 0.717) is 0 Å². The first-order chi connectivity index (χ1) is 10.3. The summed E-state index contributed by atoms with van der Waals surface area (Å²) in [7, 11) is 0. The summed E-state index contributed by atoms with van der Waals surface area (Å²) in [5.41, 5.74) is 5.51. The number of aromatic nitrogens is 1. The van der Waals surface area contributed by atoms with E-state index in [1.807, 2.05) is 12.1 Å². The zero-order chi connectivity index (χ0) is 14.0. The number of rotatable bonds is 0. The maximum absolute atomic E-state index is 6.15. The highest BCUT2D eigenvalue weighted by atomic mass is 16.3. The van der Waals surface area contributed by atoms with E-state index in [1.54, 1.807) is 0 Å². The Hall–Kier alpha value is -2.74. The van der Waals surface area contributed by atoms with Crippen molar-refractivity contribution in [2.75, 3.05) is 0 Å². The molecule has 2 aromatic heterocycles. The Bertz CT molecular complexity index is 1140. The van der Waals surface area contributed by atoms with E-state index in [1.165, 1.54) is 32.6 Å². The molecular weight excluding hydrogens is 258 g/mol. The molecule has 1 N–H and O–H groups in total. The van der Waals surface area contributed by atoms with Gasteiger partial charge in [-0.3, -0.25) is 0 Å². The number of nitrogens with one attached hydrogen (secondary N) is 1. The van der Waals surface area contributed by atoms with Crippen molar-refractivity contribution >= 4 is 43.7 Å². The summed E-state index contributed by atoms with van der Waals surface area (Å²) in [5, 5.41) is 4.77. The predicted octanol–water partition coefficient (Wildman–Crippen LogP) is 5.53. The third-order valence-electron chi connectivity index (χ3n) is 4.35. The van der Waals surface area contributed by atoms with E-state index in [-0.39, 0.29) is 0 Å². The van der Waals surface area contributed by atoms with Gasteiger partial charge in [0.05, 0.1) is 10.9 Å². The normalized spacial score (nSPS) is 12.0. The van der Waals surface area contributed by atoms with Gasteiger partial charge in [0.1, 0.15) is 11.2 Å². The van der Waals surface area contributed by atoms with Crippen LogP contribution in [0.25, 0.3) is 43.7 Å². The van der Waals surface area contributed by atoms with Crippen LogP contribution in [0.5, 0.6) is 0 Å². The Balaban J connectivity index is 2.13. The quantitative estimate of drug-likeness (QED) is 0.394. The second-order valence-electron chi connectivity index (χ2n) is 5.59. The van der Waals surface area contributed by atoms with Crippen molar-refractivity contribution in [2.45, 2.75) is 6.92 Å². The highest BCUT2D eigenvalue weighted by Gasteiger charge is 2.14. The third-order valence-corrected chi connectivity index (χ3v) is 4.35. The van der Waals surface area contributed by atoms with E-state index < -0.39 is 0 Å². The van der Waals surface area contributed by atoms with Crippen LogP contribution in [-0.2, 0) is 0 Å². The molecule has 0 saturated carbocycles. The van der Waals surface area contributed by atoms with Crippen molar-refractivity contribution in [1.29, 1.82) is 0 Å². The number of aryl methyl sites for hydroxylation is 1. The molecule has 0 aliphatic heterocycles. The lowest BCUT2D eigenvalue weighted by molar-refractivity contribution is 0.673. The van der Waals surface area contributed by atoms with Crippen molar-refractivity contribution in [3.8, 4) is 0 Å². The second-order valence-corrected chi connectivity index (χ2v) is 5.59. The summed E-state index contributed by atoms with van der Waals surface area (Å²) < 4.78 is 6.15. The number of H-pyrrole nitrogens is 1. The van der Waals surface area contributed by atoms with Gasteiger partial charge in [-0.05, 0) is 30.7 Å². The standard InChI is InChI=1S/C19H13NO/c1-11-5-4-7-14-17-15(20-18(11)14)10-9-13-12-6-2-3-8-16(12)21-19(13)17/h2-10,20H,1H3. The Labute approximate surface area is 121 Å². The Morgan fingerprint density at radius 3 is 2.62 bits per heavy atom. The molecule has 0 aliphatic carbocycles. The van der Waals surface area contributed by atoms with Gasteiger partial charge >= 0.3 is 0 Å². The van der Waals surface area contributed by atoms with Gasteiger partial charge in [0.2, 0.25) is 0 Å². The van der Waals surface area contributed by atoms with Crippen LogP contribution in [0, 0.1) is 6.92 Å².